The van der Waals surface area contributed by atoms with Crippen molar-refractivity contribution in [3.8, 4) is 0 Å². The number of rotatable bonds is 4. The van der Waals surface area contributed by atoms with Gasteiger partial charge in [-0.05, 0) is 48.8 Å². The van der Waals surface area contributed by atoms with Crippen molar-refractivity contribution in [1.29, 1.82) is 0 Å². The Hall–Kier alpha value is -2.21. The van der Waals surface area contributed by atoms with Crippen molar-refractivity contribution >= 4 is 23.2 Å². The minimum absolute atomic E-state index is 0.0182. The van der Waals surface area contributed by atoms with E-state index in [0.29, 0.717) is 24.6 Å². The Kier molecular flexibility index (Phi) is 5.02. The van der Waals surface area contributed by atoms with E-state index in [2.05, 4.69) is 16.4 Å². The van der Waals surface area contributed by atoms with E-state index in [0.717, 1.165) is 32.4 Å². The molecule has 0 aliphatic carbocycles. The standard InChI is InChI=1S/C20H23N3O2S/c24-19(9-8-17-4-3-11-26-17)23-13-15-6-7-16(23)14-22(12-15)20(25)18-5-1-2-10-21-18/h1-5,10-11,15-16H,6-9,12-14H2/t15-,16+/m0/s1. The van der Waals surface area contributed by atoms with Gasteiger partial charge in [-0.25, -0.2) is 0 Å². The van der Waals surface area contributed by atoms with Gasteiger partial charge in [0.15, 0.2) is 0 Å². The maximum atomic E-state index is 12.8. The van der Waals surface area contributed by atoms with Crippen LogP contribution in [0.2, 0.25) is 0 Å². The van der Waals surface area contributed by atoms with Crippen LogP contribution in [-0.4, -0.2) is 52.3 Å². The molecule has 0 saturated carbocycles. The van der Waals surface area contributed by atoms with Gasteiger partial charge in [-0.2, -0.15) is 0 Å². The Bertz CT molecular complexity index is 763. The Morgan fingerprint density at radius 2 is 2.04 bits per heavy atom. The number of piperidine rings is 1. The molecule has 2 aromatic rings. The molecule has 2 atom stereocenters. The number of pyridine rings is 1. The Balaban J connectivity index is 1.43. The summed E-state index contributed by atoms with van der Waals surface area (Å²) in [6.45, 7) is 2.12. The van der Waals surface area contributed by atoms with Crippen molar-refractivity contribution in [2.24, 2.45) is 5.92 Å². The quantitative estimate of drug-likeness (QED) is 0.833. The zero-order valence-corrected chi connectivity index (χ0v) is 15.5. The number of hydrogen-bond acceptors (Lipinski definition) is 4. The van der Waals surface area contributed by atoms with Gasteiger partial charge in [0, 0.05) is 43.2 Å². The van der Waals surface area contributed by atoms with Gasteiger partial charge in [0.05, 0.1) is 0 Å². The second-order valence-electron chi connectivity index (χ2n) is 7.15. The average Bonchev–Trinajstić information content (AvgIpc) is 3.04. The lowest BCUT2D eigenvalue weighted by Gasteiger charge is -2.36. The van der Waals surface area contributed by atoms with Crippen LogP contribution in [0.3, 0.4) is 0 Å². The van der Waals surface area contributed by atoms with Crippen LogP contribution in [0.1, 0.15) is 34.6 Å². The minimum atomic E-state index is -0.0182. The Labute approximate surface area is 157 Å². The molecule has 3 saturated heterocycles. The van der Waals surface area contributed by atoms with E-state index in [-0.39, 0.29) is 17.9 Å². The van der Waals surface area contributed by atoms with Crippen LogP contribution >= 0.6 is 11.3 Å². The number of carbonyl (C=O) groups is 2. The van der Waals surface area contributed by atoms with Gasteiger partial charge in [0.25, 0.3) is 5.91 Å². The molecule has 5 rings (SSSR count). The molecule has 5 heterocycles. The van der Waals surface area contributed by atoms with Crippen LogP contribution in [0.5, 0.6) is 0 Å². The topological polar surface area (TPSA) is 53.5 Å². The minimum Gasteiger partial charge on any atom is -0.338 e. The largest absolute Gasteiger partial charge is 0.338 e. The molecule has 0 radical (unpaired) electrons. The summed E-state index contributed by atoms with van der Waals surface area (Å²) in [4.78, 5) is 35.0. The van der Waals surface area contributed by atoms with Crippen LogP contribution in [0.4, 0.5) is 0 Å². The molecule has 2 amide bonds. The van der Waals surface area contributed by atoms with Crippen molar-refractivity contribution in [3.63, 3.8) is 0 Å². The number of aromatic nitrogens is 1. The lowest BCUT2D eigenvalue weighted by molar-refractivity contribution is -0.135. The third kappa shape index (κ3) is 3.65. The summed E-state index contributed by atoms with van der Waals surface area (Å²) < 4.78 is 0. The third-order valence-corrected chi connectivity index (χ3v) is 6.31. The van der Waals surface area contributed by atoms with E-state index in [1.54, 1.807) is 23.6 Å². The highest BCUT2D eigenvalue weighted by molar-refractivity contribution is 7.09. The fourth-order valence-electron chi connectivity index (χ4n) is 4.03. The third-order valence-electron chi connectivity index (χ3n) is 5.37. The highest BCUT2D eigenvalue weighted by Crippen LogP contribution is 2.29. The normalized spacial score (nSPS) is 22.3. The number of nitrogens with zero attached hydrogens (tertiary/aromatic N) is 3. The predicted molar refractivity (Wildman–Crippen MR) is 101 cm³/mol. The van der Waals surface area contributed by atoms with E-state index in [9.17, 15) is 9.59 Å². The monoisotopic (exact) mass is 369 g/mol. The van der Waals surface area contributed by atoms with Crippen molar-refractivity contribution in [1.82, 2.24) is 14.8 Å². The van der Waals surface area contributed by atoms with Crippen LogP contribution in [0.15, 0.2) is 41.9 Å². The van der Waals surface area contributed by atoms with Gasteiger partial charge < -0.3 is 9.80 Å². The molecule has 0 aromatic carbocycles. The zero-order valence-electron chi connectivity index (χ0n) is 14.7. The number of thiophene rings is 1. The number of carbonyl (C=O) groups excluding carboxylic acids is 2. The molecule has 26 heavy (non-hydrogen) atoms. The maximum Gasteiger partial charge on any atom is 0.272 e. The summed E-state index contributed by atoms with van der Waals surface area (Å²) in [5, 5.41) is 2.05. The summed E-state index contributed by atoms with van der Waals surface area (Å²) in [5.41, 5.74) is 0.490. The smallest absolute Gasteiger partial charge is 0.272 e. The first kappa shape index (κ1) is 17.2. The zero-order chi connectivity index (χ0) is 17.9. The van der Waals surface area contributed by atoms with Gasteiger partial charge in [-0.1, -0.05) is 12.1 Å². The molecule has 0 spiro atoms. The number of amides is 2. The summed E-state index contributed by atoms with van der Waals surface area (Å²) in [5.74, 6) is 0.572. The maximum absolute atomic E-state index is 12.8. The van der Waals surface area contributed by atoms with Crippen LogP contribution in [0, 0.1) is 5.92 Å². The highest BCUT2D eigenvalue weighted by Gasteiger charge is 2.38. The van der Waals surface area contributed by atoms with Crippen LogP contribution in [-0.2, 0) is 11.2 Å². The van der Waals surface area contributed by atoms with E-state index < -0.39 is 0 Å². The van der Waals surface area contributed by atoms with Crippen LogP contribution in [0.25, 0.3) is 0 Å². The second-order valence-corrected chi connectivity index (χ2v) is 8.18. The molecule has 0 unspecified atom stereocenters. The molecule has 2 aromatic heterocycles. The van der Waals surface area contributed by atoms with Crippen molar-refractivity contribution in [2.45, 2.75) is 31.7 Å². The molecule has 3 aliphatic rings. The molecular weight excluding hydrogens is 346 g/mol. The first-order valence-electron chi connectivity index (χ1n) is 9.23. The average molecular weight is 369 g/mol. The molecule has 3 aliphatic heterocycles. The summed E-state index contributed by atoms with van der Waals surface area (Å²) in [6.07, 6.45) is 5.09. The Morgan fingerprint density at radius 3 is 2.81 bits per heavy atom. The summed E-state index contributed by atoms with van der Waals surface area (Å²) in [7, 11) is 0. The molecular formula is C20H23N3O2S. The van der Waals surface area contributed by atoms with Gasteiger partial charge in [-0.15, -0.1) is 11.3 Å². The van der Waals surface area contributed by atoms with E-state index in [1.807, 2.05) is 28.0 Å². The lowest BCUT2D eigenvalue weighted by Crippen LogP contribution is -2.47. The van der Waals surface area contributed by atoms with Gasteiger partial charge in [0.2, 0.25) is 5.91 Å². The van der Waals surface area contributed by atoms with E-state index in [4.69, 9.17) is 0 Å². The fourth-order valence-corrected chi connectivity index (χ4v) is 4.74. The molecule has 0 N–H and O–H groups in total. The first-order valence-corrected chi connectivity index (χ1v) is 10.1. The van der Waals surface area contributed by atoms with Gasteiger partial charge in [-0.3, -0.25) is 14.6 Å². The lowest BCUT2D eigenvalue weighted by atomic mass is 9.94. The second kappa shape index (κ2) is 7.58. The summed E-state index contributed by atoms with van der Waals surface area (Å²) >= 11 is 1.70. The molecule has 6 heteroatoms. The molecule has 2 bridgehead atoms. The van der Waals surface area contributed by atoms with Crippen LogP contribution < -0.4 is 0 Å². The number of aryl methyl sites for hydroxylation is 1. The van der Waals surface area contributed by atoms with Crippen molar-refractivity contribution < 1.29 is 9.59 Å². The van der Waals surface area contributed by atoms with E-state index >= 15 is 0 Å². The highest BCUT2D eigenvalue weighted by atomic mass is 32.1. The molecule has 5 nitrogen and oxygen atoms in total. The van der Waals surface area contributed by atoms with Crippen molar-refractivity contribution in [2.75, 3.05) is 19.6 Å². The summed E-state index contributed by atoms with van der Waals surface area (Å²) in [6, 6.07) is 9.67. The van der Waals surface area contributed by atoms with Gasteiger partial charge >= 0.3 is 0 Å². The molecule has 136 valence electrons. The number of fused-ring (bicyclic) bond motifs is 4. The van der Waals surface area contributed by atoms with E-state index in [1.165, 1.54) is 4.88 Å². The fraction of sp³-hybridized carbons (Fsp3) is 0.450. The predicted octanol–water partition coefficient (Wildman–Crippen LogP) is 2.84. The first-order chi connectivity index (χ1) is 12.7. The van der Waals surface area contributed by atoms with Gasteiger partial charge in [0.1, 0.15) is 5.69 Å². The van der Waals surface area contributed by atoms with Crippen molar-refractivity contribution in [3.05, 3.63) is 52.5 Å². The number of hydrogen-bond donors (Lipinski definition) is 0. The molecule has 3 fully saturated rings. The SMILES string of the molecule is O=C(c1ccccn1)N1C[C@@H]2CC[C@H](C1)N(C(=O)CCc1cccs1)C2. The Morgan fingerprint density at radius 1 is 1.12 bits per heavy atom.